The Hall–Kier alpha value is -0.710. The normalized spacial score (nSPS) is 16.2. The van der Waals surface area contributed by atoms with Crippen molar-refractivity contribution in [2.24, 2.45) is 5.41 Å². The van der Waals surface area contributed by atoms with Crippen LogP contribution in [0.2, 0.25) is 5.02 Å². The molecule has 1 aliphatic carbocycles. The Kier molecular flexibility index (Phi) is 4.76. The number of aliphatic hydroxyl groups is 1. The highest BCUT2D eigenvalue weighted by Gasteiger charge is 2.41. The first kappa shape index (κ1) is 14.7. The molecule has 1 aromatic rings. The lowest BCUT2D eigenvalue weighted by atomic mass is 10.0. The zero-order valence-electron chi connectivity index (χ0n) is 10.9. The van der Waals surface area contributed by atoms with Crippen LogP contribution >= 0.6 is 23.4 Å². The van der Waals surface area contributed by atoms with Gasteiger partial charge in [0.2, 0.25) is 0 Å². The number of carbonyl (C=O) groups is 1. The summed E-state index contributed by atoms with van der Waals surface area (Å²) in [5.74, 6) is -0.134. The van der Waals surface area contributed by atoms with Crippen molar-refractivity contribution in [2.45, 2.75) is 24.2 Å². The minimum Gasteiger partial charge on any atom is -0.396 e. The van der Waals surface area contributed by atoms with E-state index in [4.69, 9.17) is 16.7 Å². The Balaban J connectivity index is 2.00. The van der Waals surface area contributed by atoms with Gasteiger partial charge >= 0.3 is 0 Å². The standard InChI is InChI=1S/C14H18ClNO2S/c1-19-10-2-3-12(15)11(8-10)13(18)16-9-14(4-5-14)6-7-17/h2-3,8,17H,4-7,9H2,1H3,(H,16,18). The largest absolute Gasteiger partial charge is 0.396 e. The van der Waals surface area contributed by atoms with E-state index in [1.807, 2.05) is 18.4 Å². The number of aliphatic hydroxyl groups excluding tert-OH is 1. The third-order valence-corrected chi connectivity index (χ3v) is 4.70. The molecule has 2 N–H and O–H groups in total. The topological polar surface area (TPSA) is 49.3 Å². The van der Waals surface area contributed by atoms with Gasteiger partial charge in [-0.3, -0.25) is 4.79 Å². The number of hydrogen-bond donors (Lipinski definition) is 2. The molecule has 1 amide bonds. The third kappa shape index (κ3) is 3.65. The highest BCUT2D eigenvalue weighted by molar-refractivity contribution is 7.98. The van der Waals surface area contributed by atoms with Crippen LogP contribution in [-0.2, 0) is 0 Å². The van der Waals surface area contributed by atoms with E-state index in [0.29, 0.717) is 17.1 Å². The van der Waals surface area contributed by atoms with Crippen molar-refractivity contribution < 1.29 is 9.90 Å². The molecule has 5 heteroatoms. The molecule has 1 aliphatic rings. The molecule has 0 aromatic heterocycles. The zero-order chi connectivity index (χ0) is 13.9. The molecule has 0 saturated heterocycles. The Bertz CT molecular complexity index is 475. The molecule has 1 fully saturated rings. The second kappa shape index (κ2) is 6.16. The fourth-order valence-corrected chi connectivity index (χ4v) is 2.74. The first-order valence-electron chi connectivity index (χ1n) is 6.33. The van der Waals surface area contributed by atoms with Gasteiger partial charge < -0.3 is 10.4 Å². The second-order valence-electron chi connectivity index (χ2n) is 5.00. The number of carbonyl (C=O) groups excluding carboxylic acids is 1. The maximum atomic E-state index is 12.1. The van der Waals surface area contributed by atoms with Gasteiger partial charge in [-0.2, -0.15) is 0 Å². The van der Waals surface area contributed by atoms with Crippen LogP contribution in [0.5, 0.6) is 0 Å². The number of thioether (sulfide) groups is 1. The summed E-state index contributed by atoms with van der Waals surface area (Å²) in [4.78, 5) is 13.2. The third-order valence-electron chi connectivity index (χ3n) is 3.64. The predicted octanol–water partition coefficient (Wildman–Crippen LogP) is 2.95. The van der Waals surface area contributed by atoms with E-state index in [9.17, 15) is 4.79 Å². The van der Waals surface area contributed by atoms with Gasteiger partial charge in [0, 0.05) is 18.0 Å². The fourth-order valence-electron chi connectivity index (χ4n) is 2.10. The van der Waals surface area contributed by atoms with Crippen LogP contribution in [0.3, 0.4) is 0 Å². The van der Waals surface area contributed by atoms with Gasteiger partial charge in [0.05, 0.1) is 10.6 Å². The lowest BCUT2D eigenvalue weighted by molar-refractivity contribution is 0.0940. The average Bonchev–Trinajstić information content (AvgIpc) is 3.17. The van der Waals surface area contributed by atoms with Crippen LogP contribution in [0.1, 0.15) is 29.6 Å². The number of halogens is 1. The molecule has 104 valence electrons. The first-order valence-corrected chi connectivity index (χ1v) is 7.93. The fraction of sp³-hybridized carbons (Fsp3) is 0.500. The number of amides is 1. The Labute approximate surface area is 122 Å². The quantitative estimate of drug-likeness (QED) is 0.794. The number of rotatable bonds is 6. The molecular weight excluding hydrogens is 282 g/mol. The van der Waals surface area contributed by atoms with E-state index in [1.165, 1.54) is 0 Å². The van der Waals surface area contributed by atoms with Crippen LogP contribution in [0, 0.1) is 5.41 Å². The van der Waals surface area contributed by atoms with Crippen LogP contribution in [-0.4, -0.2) is 30.4 Å². The molecule has 0 aliphatic heterocycles. The first-order chi connectivity index (χ1) is 9.10. The van der Waals surface area contributed by atoms with Crippen molar-refractivity contribution >= 4 is 29.3 Å². The van der Waals surface area contributed by atoms with Gasteiger partial charge in [0.25, 0.3) is 5.91 Å². The van der Waals surface area contributed by atoms with E-state index in [0.717, 1.165) is 24.2 Å². The Morgan fingerprint density at radius 3 is 2.84 bits per heavy atom. The van der Waals surface area contributed by atoms with Gasteiger partial charge in [-0.25, -0.2) is 0 Å². The minimum atomic E-state index is -0.134. The van der Waals surface area contributed by atoms with E-state index in [-0.39, 0.29) is 17.9 Å². The predicted molar refractivity (Wildman–Crippen MR) is 78.9 cm³/mol. The summed E-state index contributed by atoms with van der Waals surface area (Å²) in [6, 6.07) is 5.47. The molecule has 0 atom stereocenters. The van der Waals surface area contributed by atoms with Crippen molar-refractivity contribution in [1.29, 1.82) is 0 Å². The molecule has 0 heterocycles. The summed E-state index contributed by atoms with van der Waals surface area (Å²) in [7, 11) is 0. The SMILES string of the molecule is CSc1ccc(Cl)c(C(=O)NCC2(CCO)CC2)c1. The van der Waals surface area contributed by atoms with Crippen molar-refractivity contribution in [3.8, 4) is 0 Å². The molecule has 1 aromatic carbocycles. The summed E-state index contributed by atoms with van der Waals surface area (Å²) in [5.41, 5.74) is 0.641. The average molecular weight is 300 g/mol. The van der Waals surface area contributed by atoms with Gasteiger partial charge in [-0.15, -0.1) is 11.8 Å². The molecule has 1 saturated carbocycles. The van der Waals surface area contributed by atoms with E-state index < -0.39 is 0 Å². The second-order valence-corrected chi connectivity index (χ2v) is 6.29. The van der Waals surface area contributed by atoms with Crippen LogP contribution < -0.4 is 5.32 Å². The zero-order valence-corrected chi connectivity index (χ0v) is 12.5. The summed E-state index contributed by atoms with van der Waals surface area (Å²) in [5, 5.41) is 12.4. The lowest BCUT2D eigenvalue weighted by Gasteiger charge is -2.15. The molecular formula is C14H18ClNO2S. The summed E-state index contributed by atoms with van der Waals surface area (Å²) < 4.78 is 0. The smallest absolute Gasteiger partial charge is 0.252 e. The molecule has 0 bridgehead atoms. The van der Waals surface area contributed by atoms with Gasteiger partial charge in [0.1, 0.15) is 0 Å². The number of benzene rings is 1. The minimum absolute atomic E-state index is 0.119. The monoisotopic (exact) mass is 299 g/mol. The molecule has 0 radical (unpaired) electrons. The van der Waals surface area contributed by atoms with E-state index in [1.54, 1.807) is 17.8 Å². The van der Waals surface area contributed by atoms with Crippen molar-refractivity contribution in [3.63, 3.8) is 0 Å². The number of hydrogen-bond acceptors (Lipinski definition) is 3. The number of nitrogens with one attached hydrogen (secondary N) is 1. The summed E-state index contributed by atoms with van der Waals surface area (Å²) >= 11 is 7.65. The maximum absolute atomic E-state index is 12.1. The van der Waals surface area contributed by atoms with Crippen LogP contribution in [0.4, 0.5) is 0 Å². The van der Waals surface area contributed by atoms with Crippen LogP contribution in [0.15, 0.2) is 23.1 Å². The van der Waals surface area contributed by atoms with Crippen molar-refractivity contribution in [1.82, 2.24) is 5.32 Å². The molecule has 2 rings (SSSR count). The van der Waals surface area contributed by atoms with E-state index >= 15 is 0 Å². The molecule has 0 spiro atoms. The molecule has 19 heavy (non-hydrogen) atoms. The van der Waals surface area contributed by atoms with Gasteiger partial charge in [-0.1, -0.05) is 11.6 Å². The molecule has 3 nitrogen and oxygen atoms in total. The maximum Gasteiger partial charge on any atom is 0.252 e. The van der Waals surface area contributed by atoms with Crippen LogP contribution in [0.25, 0.3) is 0 Å². The highest BCUT2D eigenvalue weighted by atomic mass is 35.5. The lowest BCUT2D eigenvalue weighted by Crippen LogP contribution is -2.30. The van der Waals surface area contributed by atoms with Gasteiger partial charge in [0.15, 0.2) is 0 Å². The van der Waals surface area contributed by atoms with E-state index in [2.05, 4.69) is 5.32 Å². The highest BCUT2D eigenvalue weighted by Crippen LogP contribution is 2.47. The summed E-state index contributed by atoms with van der Waals surface area (Å²) in [6.45, 7) is 0.796. The molecule has 0 unspecified atom stereocenters. The summed E-state index contributed by atoms with van der Waals surface area (Å²) in [6.07, 6.45) is 4.87. The Morgan fingerprint density at radius 1 is 1.53 bits per heavy atom. The Morgan fingerprint density at radius 2 is 2.26 bits per heavy atom. The van der Waals surface area contributed by atoms with Gasteiger partial charge in [-0.05, 0) is 49.1 Å². The van der Waals surface area contributed by atoms with Crippen molar-refractivity contribution in [2.75, 3.05) is 19.4 Å². The van der Waals surface area contributed by atoms with Crippen molar-refractivity contribution in [3.05, 3.63) is 28.8 Å².